The van der Waals surface area contributed by atoms with Crippen LogP contribution in [0, 0.1) is 0 Å². The van der Waals surface area contributed by atoms with E-state index >= 15 is 0 Å². The zero-order valence-corrected chi connectivity index (χ0v) is 12.3. The van der Waals surface area contributed by atoms with Crippen molar-refractivity contribution in [3.63, 3.8) is 0 Å². The summed E-state index contributed by atoms with van der Waals surface area (Å²) in [4.78, 5) is 22.4. The average Bonchev–Trinajstić information content (AvgIpc) is 2.49. The number of rotatable bonds is 9. The molecule has 1 amide bonds. The molecule has 6 nitrogen and oxygen atoms in total. The molecule has 0 aliphatic carbocycles. The third-order valence-electron chi connectivity index (χ3n) is 2.97. The Bertz CT molecular complexity index is 465. The molecule has 0 fully saturated rings. The molecule has 0 unspecified atom stereocenters. The van der Waals surface area contributed by atoms with Gasteiger partial charge in [0.15, 0.2) is 0 Å². The first-order valence-corrected chi connectivity index (χ1v) is 6.80. The summed E-state index contributed by atoms with van der Waals surface area (Å²) >= 11 is 0. The molecular formula is C15H21NO5. The summed E-state index contributed by atoms with van der Waals surface area (Å²) in [5.41, 5.74) is 0.469. The fourth-order valence-electron chi connectivity index (χ4n) is 1.82. The molecule has 0 aromatic heterocycles. The molecule has 0 spiro atoms. The van der Waals surface area contributed by atoms with Gasteiger partial charge in [-0.1, -0.05) is 6.42 Å². The highest BCUT2D eigenvalue weighted by Gasteiger charge is 2.09. The minimum absolute atomic E-state index is 0.168. The second-order valence-corrected chi connectivity index (χ2v) is 4.56. The smallest absolute Gasteiger partial charge is 0.303 e. The van der Waals surface area contributed by atoms with Gasteiger partial charge < -0.3 is 19.9 Å². The van der Waals surface area contributed by atoms with Crippen LogP contribution in [-0.2, 0) is 4.79 Å². The Kier molecular flexibility index (Phi) is 7.08. The standard InChI is InChI=1S/C15H21NO5/c1-20-12-8-11(9-13(10-12)21-2)15(19)16-7-5-3-4-6-14(17)18/h8-10H,3-7H2,1-2H3,(H,16,19)(H,17,18). The molecule has 0 heterocycles. The summed E-state index contributed by atoms with van der Waals surface area (Å²) in [5, 5.41) is 11.3. The summed E-state index contributed by atoms with van der Waals surface area (Å²) < 4.78 is 10.2. The maximum absolute atomic E-state index is 12.0. The number of carboxylic acid groups (broad SMARTS) is 1. The van der Waals surface area contributed by atoms with Crippen LogP contribution in [0.5, 0.6) is 11.5 Å². The molecule has 1 rings (SSSR count). The van der Waals surface area contributed by atoms with Crippen LogP contribution >= 0.6 is 0 Å². The van der Waals surface area contributed by atoms with Crippen LogP contribution in [0.15, 0.2) is 18.2 Å². The van der Waals surface area contributed by atoms with Gasteiger partial charge in [0.2, 0.25) is 0 Å². The predicted molar refractivity (Wildman–Crippen MR) is 78.0 cm³/mol. The third kappa shape index (κ3) is 6.16. The number of methoxy groups -OCH3 is 2. The second kappa shape index (κ2) is 8.84. The molecule has 1 aromatic rings. The van der Waals surface area contributed by atoms with Gasteiger partial charge in [0.05, 0.1) is 14.2 Å². The molecule has 21 heavy (non-hydrogen) atoms. The Labute approximate surface area is 124 Å². The van der Waals surface area contributed by atoms with Crippen molar-refractivity contribution in [2.75, 3.05) is 20.8 Å². The van der Waals surface area contributed by atoms with Crippen molar-refractivity contribution < 1.29 is 24.2 Å². The number of unbranched alkanes of at least 4 members (excludes halogenated alkanes) is 2. The van der Waals surface area contributed by atoms with Gasteiger partial charge in [-0.2, -0.15) is 0 Å². The van der Waals surface area contributed by atoms with Gasteiger partial charge in [0.1, 0.15) is 11.5 Å². The van der Waals surface area contributed by atoms with Crippen LogP contribution in [-0.4, -0.2) is 37.7 Å². The number of nitrogens with one attached hydrogen (secondary N) is 1. The van der Waals surface area contributed by atoms with Crippen LogP contribution < -0.4 is 14.8 Å². The van der Waals surface area contributed by atoms with Crippen LogP contribution in [0.3, 0.4) is 0 Å². The van der Waals surface area contributed by atoms with E-state index in [4.69, 9.17) is 14.6 Å². The molecule has 0 saturated carbocycles. The molecule has 6 heteroatoms. The predicted octanol–water partition coefficient (Wildman–Crippen LogP) is 2.08. The summed E-state index contributed by atoms with van der Waals surface area (Å²) in [6.07, 6.45) is 2.31. The first-order valence-electron chi connectivity index (χ1n) is 6.80. The van der Waals surface area contributed by atoms with Gasteiger partial charge in [-0.25, -0.2) is 0 Å². The van der Waals surface area contributed by atoms with Crippen molar-refractivity contribution in [3.05, 3.63) is 23.8 Å². The molecule has 0 bridgehead atoms. The van der Waals surface area contributed by atoms with Crippen molar-refractivity contribution in [2.45, 2.75) is 25.7 Å². The van der Waals surface area contributed by atoms with E-state index in [1.54, 1.807) is 18.2 Å². The Morgan fingerprint density at radius 3 is 2.19 bits per heavy atom. The molecule has 1 aromatic carbocycles. The second-order valence-electron chi connectivity index (χ2n) is 4.56. The van der Waals surface area contributed by atoms with Gasteiger partial charge in [0, 0.05) is 24.6 Å². The number of carbonyl (C=O) groups is 2. The Morgan fingerprint density at radius 1 is 1.05 bits per heavy atom. The van der Waals surface area contributed by atoms with E-state index < -0.39 is 5.97 Å². The number of carbonyl (C=O) groups excluding carboxylic acids is 1. The fourth-order valence-corrected chi connectivity index (χ4v) is 1.82. The zero-order valence-electron chi connectivity index (χ0n) is 12.3. The number of hydrogen-bond acceptors (Lipinski definition) is 4. The number of amides is 1. The minimum Gasteiger partial charge on any atom is -0.497 e. The quantitative estimate of drug-likeness (QED) is 0.681. The molecule has 0 aliphatic rings. The average molecular weight is 295 g/mol. The first-order chi connectivity index (χ1) is 10.1. The number of hydrogen-bond donors (Lipinski definition) is 2. The summed E-state index contributed by atoms with van der Waals surface area (Å²) in [6, 6.07) is 4.98. The maximum Gasteiger partial charge on any atom is 0.303 e. The molecule has 0 aliphatic heterocycles. The SMILES string of the molecule is COc1cc(OC)cc(C(=O)NCCCCCC(=O)O)c1. The van der Waals surface area contributed by atoms with Crippen LogP contribution in [0.25, 0.3) is 0 Å². The van der Waals surface area contributed by atoms with E-state index in [2.05, 4.69) is 5.32 Å². The first kappa shape index (κ1) is 16.8. The van der Waals surface area contributed by atoms with Gasteiger partial charge in [-0.15, -0.1) is 0 Å². The number of carboxylic acids is 1. The lowest BCUT2D eigenvalue weighted by Crippen LogP contribution is -2.24. The van der Waals surface area contributed by atoms with Crippen molar-refractivity contribution in [2.24, 2.45) is 0 Å². The highest BCUT2D eigenvalue weighted by Crippen LogP contribution is 2.22. The van der Waals surface area contributed by atoms with Crippen LogP contribution in [0.1, 0.15) is 36.0 Å². The molecular weight excluding hydrogens is 274 g/mol. The number of aliphatic carboxylic acids is 1. The lowest BCUT2D eigenvalue weighted by Gasteiger charge is -2.09. The van der Waals surface area contributed by atoms with Crippen molar-refractivity contribution >= 4 is 11.9 Å². The number of ether oxygens (including phenoxy) is 2. The maximum atomic E-state index is 12.0. The molecule has 116 valence electrons. The van der Waals surface area contributed by atoms with Crippen LogP contribution in [0.2, 0.25) is 0 Å². The van der Waals surface area contributed by atoms with Crippen molar-refractivity contribution in [3.8, 4) is 11.5 Å². The monoisotopic (exact) mass is 295 g/mol. The lowest BCUT2D eigenvalue weighted by atomic mass is 10.1. The normalized spacial score (nSPS) is 10.0. The summed E-state index contributed by atoms with van der Waals surface area (Å²) in [6.45, 7) is 0.512. The molecule has 2 N–H and O–H groups in total. The van der Waals surface area contributed by atoms with Gasteiger partial charge in [-0.05, 0) is 25.0 Å². The lowest BCUT2D eigenvalue weighted by molar-refractivity contribution is -0.137. The highest BCUT2D eigenvalue weighted by atomic mass is 16.5. The number of benzene rings is 1. The van der Waals surface area contributed by atoms with Gasteiger partial charge >= 0.3 is 5.97 Å². The third-order valence-corrected chi connectivity index (χ3v) is 2.97. The van der Waals surface area contributed by atoms with Gasteiger partial charge in [-0.3, -0.25) is 9.59 Å². The van der Waals surface area contributed by atoms with E-state index in [0.29, 0.717) is 30.0 Å². The zero-order chi connectivity index (χ0) is 15.7. The van der Waals surface area contributed by atoms with E-state index in [1.165, 1.54) is 14.2 Å². The Balaban J connectivity index is 2.43. The molecule has 0 saturated heterocycles. The van der Waals surface area contributed by atoms with E-state index in [-0.39, 0.29) is 12.3 Å². The highest BCUT2D eigenvalue weighted by molar-refractivity contribution is 5.95. The summed E-state index contributed by atoms with van der Waals surface area (Å²) in [5.74, 6) is 0.120. The van der Waals surface area contributed by atoms with E-state index in [9.17, 15) is 9.59 Å². The minimum atomic E-state index is -0.789. The van der Waals surface area contributed by atoms with E-state index in [1.807, 2.05) is 0 Å². The molecule has 0 radical (unpaired) electrons. The van der Waals surface area contributed by atoms with Crippen molar-refractivity contribution in [1.82, 2.24) is 5.32 Å². The Morgan fingerprint density at radius 2 is 1.67 bits per heavy atom. The van der Waals surface area contributed by atoms with Crippen molar-refractivity contribution in [1.29, 1.82) is 0 Å². The van der Waals surface area contributed by atoms with Gasteiger partial charge in [0.25, 0.3) is 5.91 Å². The molecule has 0 atom stereocenters. The topological polar surface area (TPSA) is 84.9 Å². The fraction of sp³-hybridized carbons (Fsp3) is 0.467. The summed E-state index contributed by atoms with van der Waals surface area (Å²) in [7, 11) is 3.05. The van der Waals surface area contributed by atoms with Crippen LogP contribution in [0.4, 0.5) is 0 Å². The Hall–Kier alpha value is -2.24. The van der Waals surface area contributed by atoms with E-state index in [0.717, 1.165) is 12.8 Å². The largest absolute Gasteiger partial charge is 0.497 e.